The molecule has 0 aromatic heterocycles. The predicted molar refractivity (Wildman–Crippen MR) is 50.6 cm³/mol. The molecule has 0 spiro atoms. The zero-order valence-electron chi connectivity index (χ0n) is 8.59. The Bertz CT molecular complexity index is 319. The Balaban J connectivity index is 2.34. The van der Waals surface area contributed by atoms with Crippen molar-refractivity contribution in [1.82, 2.24) is 0 Å². The molecule has 16 heavy (non-hydrogen) atoms. The van der Waals surface area contributed by atoms with E-state index in [4.69, 9.17) is 10.2 Å². The molecule has 0 heterocycles. The first kappa shape index (κ1) is 11.3. The van der Waals surface area contributed by atoms with E-state index in [1.54, 1.807) is 0 Å². The lowest BCUT2D eigenvalue weighted by molar-refractivity contribution is -0.220. The molecule has 3 saturated carbocycles. The first-order valence-corrected chi connectivity index (χ1v) is 5.19. The molecule has 0 aromatic carbocycles. The molecule has 4 unspecified atom stereocenters. The Morgan fingerprint density at radius 3 is 1.44 bits per heavy atom. The Hall–Kier alpha value is -1.14. The standard InChI is InChI=1S/C10H14O6/c11-7(12)5-4-10(16)2-1-9(5,15)3-6(10)8(13)14/h5-6,15-16H,1-4H2,(H,11,12)(H,13,14). The molecular weight excluding hydrogens is 216 g/mol. The lowest BCUT2D eigenvalue weighted by atomic mass is 9.55. The highest BCUT2D eigenvalue weighted by Crippen LogP contribution is 2.53. The van der Waals surface area contributed by atoms with Gasteiger partial charge in [-0.1, -0.05) is 0 Å². The fourth-order valence-corrected chi connectivity index (χ4v) is 2.99. The van der Waals surface area contributed by atoms with Gasteiger partial charge in [-0.3, -0.25) is 9.59 Å². The Kier molecular flexibility index (Phi) is 2.25. The van der Waals surface area contributed by atoms with Gasteiger partial charge in [-0.15, -0.1) is 0 Å². The highest BCUT2D eigenvalue weighted by Gasteiger charge is 2.62. The maximum Gasteiger partial charge on any atom is 0.309 e. The number of rotatable bonds is 2. The van der Waals surface area contributed by atoms with Crippen LogP contribution in [0.4, 0.5) is 0 Å². The summed E-state index contributed by atoms with van der Waals surface area (Å²) in [6.07, 6.45) is -0.0832. The molecule has 3 fully saturated rings. The lowest BCUT2D eigenvalue weighted by Gasteiger charge is -2.54. The van der Waals surface area contributed by atoms with Crippen molar-refractivity contribution in [3.05, 3.63) is 0 Å². The number of carbonyl (C=O) groups is 2. The first-order chi connectivity index (χ1) is 7.28. The van der Waals surface area contributed by atoms with Gasteiger partial charge in [-0.25, -0.2) is 0 Å². The van der Waals surface area contributed by atoms with Crippen molar-refractivity contribution in [1.29, 1.82) is 0 Å². The highest BCUT2D eigenvalue weighted by molar-refractivity contribution is 5.76. The molecule has 0 amide bonds. The number of hydrogen-bond donors (Lipinski definition) is 4. The van der Waals surface area contributed by atoms with Crippen LogP contribution in [0.15, 0.2) is 0 Å². The van der Waals surface area contributed by atoms with Crippen molar-refractivity contribution in [2.75, 3.05) is 0 Å². The lowest BCUT2D eigenvalue weighted by Crippen LogP contribution is -2.64. The molecule has 0 aliphatic heterocycles. The Morgan fingerprint density at radius 2 is 1.19 bits per heavy atom. The van der Waals surface area contributed by atoms with Gasteiger partial charge in [0, 0.05) is 0 Å². The van der Waals surface area contributed by atoms with Crippen molar-refractivity contribution >= 4 is 11.9 Å². The maximum atomic E-state index is 10.9. The third-order valence-corrected chi connectivity index (χ3v) is 4.00. The summed E-state index contributed by atoms with van der Waals surface area (Å²) >= 11 is 0. The summed E-state index contributed by atoms with van der Waals surface area (Å²) in [6.45, 7) is 0. The fraction of sp³-hybridized carbons (Fsp3) is 0.800. The second kappa shape index (κ2) is 3.18. The summed E-state index contributed by atoms with van der Waals surface area (Å²) in [7, 11) is 0. The SMILES string of the molecule is O=C(O)C1CC2(O)CCC1(O)CC2C(=O)O. The van der Waals surface area contributed by atoms with Gasteiger partial charge in [0.25, 0.3) is 0 Å². The summed E-state index contributed by atoms with van der Waals surface area (Å²) in [5.41, 5.74) is -2.97. The third-order valence-electron chi connectivity index (χ3n) is 4.00. The number of hydrogen-bond acceptors (Lipinski definition) is 4. The van der Waals surface area contributed by atoms with Crippen LogP contribution in [0.5, 0.6) is 0 Å². The second-order valence-electron chi connectivity index (χ2n) is 4.90. The van der Waals surface area contributed by atoms with Crippen LogP contribution in [-0.2, 0) is 9.59 Å². The highest BCUT2D eigenvalue weighted by atomic mass is 16.4. The first-order valence-electron chi connectivity index (χ1n) is 5.19. The average Bonchev–Trinajstić information content (AvgIpc) is 2.18. The van der Waals surface area contributed by atoms with Gasteiger partial charge in [0.05, 0.1) is 23.0 Å². The van der Waals surface area contributed by atoms with Crippen molar-refractivity contribution in [2.45, 2.75) is 36.9 Å². The minimum atomic E-state index is -1.49. The van der Waals surface area contributed by atoms with E-state index in [2.05, 4.69) is 0 Å². The molecular formula is C10H14O6. The smallest absolute Gasteiger partial charge is 0.309 e. The summed E-state index contributed by atoms with van der Waals surface area (Å²) in [6, 6.07) is 0. The molecule has 4 atom stereocenters. The van der Waals surface area contributed by atoms with Crippen molar-refractivity contribution in [3.8, 4) is 0 Å². The molecule has 6 nitrogen and oxygen atoms in total. The molecule has 3 aliphatic rings. The number of carboxylic acid groups (broad SMARTS) is 2. The van der Waals surface area contributed by atoms with E-state index >= 15 is 0 Å². The molecule has 90 valence electrons. The second-order valence-corrected chi connectivity index (χ2v) is 4.90. The zero-order valence-corrected chi connectivity index (χ0v) is 8.59. The van der Waals surface area contributed by atoms with Crippen LogP contribution in [0.1, 0.15) is 25.7 Å². The summed E-state index contributed by atoms with van der Waals surface area (Å²) < 4.78 is 0. The van der Waals surface area contributed by atoms with Gasteiger partial charge in [-0.2, -0.15) is 0 Å². The van der Waals surface area contributed by atoms with Crippen molar-refractivity contribution in [3.63, 3.8) is 0 Å². The summed E-state index contributed by atoms with van der Waals surface area (Å²) in [5.74, 6) is -4.49. The molecule has 3 rings (SSSR count). The van der Waals surface area contributed by atoms with E-state index in [1.165, 1.54) is 0 Å². The largest absolute Gasteiger partial charge is 0.481 e. The van der Waals surface area contributed by atoms with Crippen LogP contribution in [0, 0.1) is 11.8 Å². The Morgan fingerprint density at radius 1 is 0.875 bits per heavy atom. The molecule has 0 saturated heterocycles. The fourth-order valence-electron chi connectivity index (χ4n) is 2.99. The minimum Gasteiger partial charge on any atom is -0.481 e. The molecule has 2 bridgehead atoms. The van der Waals surface area contributed by atoms with Crippen LogP contribution in [0.25, 0.3) is 0 Å². The van der Waals surface area contributed by atoms with E-state index < -0.39 is 35.0 Å². The average molecular weight is 230 g/mol. The van der Waals surface area contributed by atoms with Crippen LogP contribution in [0.3, 0.4) is 0 Å². The van der Waals surface area contributed by atoms with Gasteiger partial charge in [-0.05, 0) is 25.7 Å². The molecule has 0 radical (unpaired) electrons. The Labute approximate surface area is 91.5 Å². The summed E-state index contributed by atoms with van der Waals surface area (Å²) in [4.78, 5) is 21.9. The molecule has 6 heteroatoms. The monoisotopic (exact) mass is 230 g/mol. The predicted octanol–water partition coefficient (Wildman–Crippen LogP) is -0.562. The number of fused-ring (bicyclic) bond motifs is 3. The topological polar surface area (TPSA) is 115 Å². The quantitative estimate of drug-likeness (QED) is 0.505. The van der Waals surface area contributed by atoms with Gasteiger partial charge < -0.3 is 20.4 Å². The van der Waals surface area contributed by atoms with Crippen LogP contribution in [0.2, 0.25) is 0 Å². The normalized spacial score (nSPS) is 46.6. The zero-order chi connectivity index (χ0) is 12.1. The van der Waals surface area contributed by atoms with Crippen LogP contribution in [-0.4, -0.2) is 43.6 Å². The third kappa shape index (κ3) is 1.41. The van der Waals surface area contributed by atoms with Gasteiger partial charge in [0.1, 0.15) is 0 Å². The van der Waals surface area contributed by atoms with E-state index in [-0.39, 0.29) is 25.7 Å². The van der Waals surface area contributed by atoms with E-state index in [0.29, 0.717) is 0 Å². The van der Waals surface area contributed by atoms with Gasteiger partial charge in [0.2, 0.25) is 0 Å². The number of aliphatic hydroxyl groups is 2. The molecule has 3 aliphatic carbocycles. The van der Waals surface area contributed by atoms with E-state index in [0.717, 1.165) is 0 Å². The number of carboxylic acids is 2. The molecule has 4 N–H and O–H groups in total. The van der Waals surface area contributed by atoms with Crippen molar-refractivity contribution in [2.24, 2.45) is 11.8 Å². The van der Waals surface area contributed by atoms with Gasteiger partial charge in [0.15, 0.2) is 0 Å². The van der Waals surface area contributed by atoms with Gasteiger partial charge >= 0.3 is 11.9 Å². The maximum absolute atomic E-state index is 10.9. The van der Waals surface area contributed by atoms with Crippen molar-refractivity contribution < 1.29 is 30.0 Å². The number of aliphatic carboxylic acids is 2. The van der Waals surface area contributed by atoms with E-state index in [9.17, 15) is 19.8 Å². The minimum absolute atomic E-state index is 0.143. The summed E-state index contributed by atoms with van der Waals surface area (Å²) in [5, 5.41) is 38.1. The van der Waals surface area contributed by atoms with E-state index in [1.807, 2.05) is 0 Å². The van der Waals surface area contributed by atoms with Crippen LogP contribution < -0.4 is 0 Å². The van der Waals surface area contributed by atoms with Crippen LogP contribution >= 0.6 is 0 Å². The molecule has 0 aromatic rings.